The van der Waals surface area contributed by atoms with Crippen molar-refractivity contribution in [1.82, 2.24) is 5.32 Å². The molecule has 1 unspecified atom stereocenters. The molecule has 1 saturated carbocycles. The molecule has 0 saturated heterocycles. The van der Waals surface area contributed by atoms with Gasteiger partial charge in [-0.2, -0.15) is 0 Å². The summed E-state index contributed by atoms with van der Waals surface area (Å²) in [5.41, 5.74) is 6.49. The molecular weight excluding hydrogens is 248 g/mol. The Morgan fingerprint density at radius 3 is 2.35 bits per heavy atom. The molecule has 0 radical (unpaired) electrons. The Kier molecular flexibility index (Phi) is 4.81. The number of hydrogen-bond acceptors (Lipinski definition) is 2. The number of nitrogens with one attached hydrogen (secondary N) is 1. The molecule has 2 rings (SSSR count). The Labute approximate surface area is 121 Å². The first-order valence-electron chi connectivity index (χ1n) is 7.74. The van der Waals surface area contributed by atoms with Gasteiger partial charge in [0.05, 0.1) is 5.41 Å². The van der Waals surface area contributed by atoms with Crippen LogP contribution in [0.2, 0.25) is 0 Å². The summed E-state index contributed by atoms with van der Waals surface area (Å²) in [4.78, 5) is 12.9. The third kappa shape index (κ3) is 2.88. The first kappa shape index (κ1) is 15.0. The molecule has 3 heteroatoms. The van der Waals surface area contributed by atoms with Gasteiger partial charge in [0, 0.05) is 12.6 Å². The molecule has 0 heterocycles. The molecule has 1 aromatic rings. The molecule has 1 aromatic carbocycles. The average Bonchev–Trinajstić information content (AvgIpc) is 3.32. The summed E-state index contributed by atoms with van der Waals surface area (Å²) in [6.45, 7) is 4.71. The molecule has 3 N–H and O–H groups in total. The molecule has 1 aliphatic rings. The van der Waals surface area contributed by atoms with E-state index in [4.69, 9.17) is 5.73 Å². The van der Waals surface area contributed by atoms with E-state index in [2.05, 4.69) is 31.3 Å². The van der Waals surface area contributed by atoms with Gasteiger partial charge in [-0.3, -0.25) is 4.79 Å². The Morgan fingerprint density at radius 2 is 1.90 bits per heavy atom. The standard InChI is InChI=1S/C17H26N2O/c1-3-17(4-2,14-8-6-5-7-9-14)16(20)19-15(12-18)13-10-11-13/h5-9,13,15H,3-4,10-12,18H2,1-2H3,(H,19,20). The molecule has 1 atom stereocenters. The molecule has 0 aromatic heterocycles. The second kappa shape index (κ2) is 6.40. The van der Waals surface area contributed by atoms with Gasteiger partial charge in [0.25, 0.3) is 0 Å². The normalized spacial score (nSPS) is 16.8. The van der Waals surface area contributed by atoms with Crippen LogP contribution in [-0.2, 0) is 10.2 Å². The fourth-order valence-corrected chi connectivity index (χ4v) is 3.04. The number of benzene rings is 1. The van der Waals surface area contributed by atoms with E-state index >= 15 is 0 Å². The lowest BCUT2D eigenvalue weighted by molar-refractivity contribution is -0.128. The lowest BCUT2D eigenvalue weighted by atomic mass is 9.75. The zero-order valence-corrected chi connectivity index (χ0v) is 12.6. The minimum absolute atomic E-state index is 0.135. The van der Waals surface area contributed by atoms with Crippen LogP contribution in [0.4, 0.5) is 0 Å². The van der Waals surface area contributed by atoms with Crippen LogP contribution >= 0.6 is 0 Å². The second-order valence-electron chi connectivity index (χ2n) is 5.81. The molecule has 20 heavy (non-hydrogen) atoms. The summed E-state index contributed by atoms with van der Waals surface area (Å²) < 4.78 is 0. The highest BCUT2D eigenvalue weighted by atomic mass is 16.2. The predicted molar refractivity (Wildman–Crippen MR) is 82.4 cm³/mol. The van der Waals surface area contributed by atoms with Crippen molar-refractivity contribution in [2.75, 3.05) is 6.54 Å². The van der Waals surface area contributed by atoms with Gasteiger partial charge in [-0.25, -0.2) is 0 Å². The van der Waals surface area contributed by atoms with Gasteiger partial charge >= 0.3 is 0 Å². The summed E-state index contributed by atoms with van der Waals surface area (Å²) in [5, 5.41) is 3.21. The van der Waals surface area contributed by atoms with Crippen LogP contribution in [0.3, 0.4) is 0 Å². The zero-order chi connectivity index (χ0) is 14.6. The molecule has 1 amide bonds. The zero-order valence-electron chi connectivity index (χ0n) is 12.6. The van der Waals surface area contributed by atoms with Crippen molar-refractivity contribution >= 4 is 5.91 Å². The largest absolute Gasteiger partial charge is 0.351 e. The third-order valence-electron chi connectivity index (χ3n) is 4.73. The van der Waals surface area contributed by atoms with Crippen molar-refractivity contribution in [3.63, 3.8) is 0 Å². The van der Waals surface area contributed by atoms with Crippen molar-refractivity contribution in [3.8, 4) is 0 Å². The Hall–Kier alpha value is -1.35. The predicted octanol–water partition coefficient (Wildman–Crippen LogP) is 2.60. The maximum Gasteiger partial charge on any atom is 0.230 e. The molecular formula is C17H26N2O. The highest BCUT2D eigenvalue weighted by Crippen LogP contribution is 2.35. The van der Waals surface area contributed by atoms with E-state index in [9.17, 15) is 4.79 Å². The monoisotopic (exact) mass is 274 g/mol. The summed E-state index contributed by atoms with van der Waals surface area (Å²) in [6.07, 6.45) is 4.00. The van der Waals surface area contributed by atoms with Crippen LogP contribution in [0.1, 0.15) is 45.1 Å². The lowest BCUT2D eigenvalue weighted by Gasteiger charge is -2.33. The topological polar surface area (TPSA) is 55.1 Å². The maximum atomic E-state index is 12.9. The van der Waals surface area contributed by atoms with Crippen molar-refractivity contribution in [1.29, 1.82) is 0 Å². The van der Waals surface area contributed by atoms with E-state index < -0.39 is 5.41 Å². The fourth-order valence-electron chi connectivity index (χ4n) is 3.04. The third-order valence-corrected chi connectivity index (χ3v) is 4.73. The molecule has 0 aliphatic heterocycles. The Morgan fingerprint density at radius 1 is 1.30 bits per heavy atom. The van der Waals surface area contributed by atoms with Gasteiger partial charge < -0.3 is 11.1 Å². The van der Waals surface area contributed by atoms with Crippen molar-refractivity contribution in [2.24, 2.45) is 11.7 Å². The molecule has 1 fully saturated rings. The van der Waals surface area contributed by atoms with Gasteiger partial charge in [-0.05, 0) is 37.2 Å². The second-order valence-corrected chi connectivity index (χ2v) is 5.81. The molecule has 0 spiro atoms. The number of carbonyl (C=O) groups is 1. The minimum Gasteiger partial charge on any atom is -0.351 e. The Balaban J connectivity index is 2.21. The van der Waals surface area contributed by atoms with Gasteiger partial charge in [0.1, 0.15) is 0 Å². The summed E-state index contributed by atoms with van der Waals surface area (Å²) in [7, 11) is 0. The first-order valence-corrected chi connectivity index (χ1v) is 7.74. The number of amides is 1. The van der Waals surface area contributed by atoms with Gasteiger partial charge in [0.2, 0.25) is 5.91 Å². The van der Waals surface area contributed by atoms with Crippen molar-refractivity contribution in [2.45, 2.75) is 51.0 Å². The number of carbonyl (C=O) groups excluding carboxylic acids is 1. The summed E-state index contributed by atoms with van der Waals surface area (Å²) in [5.74, 6) is 0.724. The van der Waals surface area contributed by atoms with E-state index in [1.165, 1.54) is 12.8 Å². The Bertz CT molecular complexity index is 436. The minimum atomic E-state index is -0.427. The van der Waals surface area contributed by atoms with E-state index in [1.54, 1.807) is 0 Å². The number of rotatable bonds is 7. The van der Waals surface area contributed by atoms with Crippen LogP contribution in [0, 0.1) is 5.92 Å². The van der Waals surface area contributed by atoms with Crippen molar-refractivity contribution in [3.05, 3.63) is 35.9 Å². The van der Waals surface area contributed by atoms with Crippen LogP contribution in [0.25, 0.3) is 0 Å². The van der Waals surface area contributed by atoms with Gasteiger partial charge in [-0.15, -0.1) is 0 Å². The van der Waals surface area contributed by atoms with Gasteiger partial charge in [-0.1, -0.05) is 44.2 Å². The van der Waals surface area contributed by atoms with Crippen LogP contribution in [-0.4, -0.2) is 18.5 Å². The smallest absolute Gasteiger partial charge is 0.230 e. The van der Waals surface area contributed by atoms with Crippen molar-refractivity contribution < 1.29 is 4.79 Å². The average molecular weight is 274 g/mol. The molecule has 0 bridgehead atoms. The summed E-state index contributed by atoms with van der Waals surface area (Å²) >= 11 is 0. The van der Waals surface area contributed by atoms with Crippen LogP contribution < -0.4 is 11.1 Å². The van der Waals surface area contributed by atoms with E-state index in [0.29, 0.717) is 12.5 Å². The summed E-state index contributed by atoms with van der Waals surface area (Å²) in [6, 6.07) is 10.3. The lowest BCUT2D eigenvalue weighted by Crippen LogP contribution is -2.50. The van der Waals surface area contributed by atoms with Crippen LogP contribution in [0.15, 0.2) is 30.3 Å². The van der Waals surface area contributed by atoms with E-state index in [0.717, 1.165) is 18.4 Å². The fraction of sp³-hybridized carbons (Fsp3) is 0.588. The first-order chi connectivity index (χ1) is 9.67. The highest BCUT2D eigenvalue weighted by molar-refractivity contribution is 5.88. The maximum absolute atomic E-state index is 12.9. The molecule has 1 aliphatic carbocycles. The highest BCUT2D eigenvalue weighted by Gasteiger charge is 2.40. The van der Waals surface area contributed by atoms with Crippen LogP contribution in [0.5, 0.6) is 0 Å². The quantitative estimate of drug-likeness (QED) is 0.803. The number of nitrogens with two attached hydrogens (primary N) is 1. The van der Waals surface area contributed by atoms with Gasteiger partial charge in [0.15, 0.2) is 0 Å². The van der Waals surface area contributed by atoms with E-state index in [-0.39, 0.29) is 11.9 Å². The molecule has 110 valence electrons. The molecule has 3 nitrogen and oxygen atoms in total. The van der Waals surface area contributed by atoms with E-state index in [1.807, 2.05) is 18.2 Å². The SMILES string of the molecule is CCC(CC)(C(=O)NC(CN)C1CC1)c1ccccc1. The number of hydrogen-bond donors (Lipinski definition) is 2.